The molecule has 2 aromatic carbocycles. The van der Waals surface area contributed by atoms with E-state index in [1.807, 2.05) is 41.0 Å². The number of nitrogens with one attached hydrogen (secondary N) is 1. The zero-order valence-corrected chi connectivity index (χ0v) is 20.8. The first-order chi connectivity index (χ1) is 18.6. The Hall–Kier alpha value is -4.24. The number of ether oxygens (including phenoxy) is 1. The lowest BCUT2D eigenvalue weighted by Gasteiger charge is -2.25. The van der Waals surface area contributed by atoms with E-state index in [9.17, 15) is 8.78 Å². The molecule has 0 bridgehead atoms. The summed E-state index contributed by atoms with van der Waals surface area (Å²) < 4.78 is 35.6. The number of hydrogen-bond acceptors (Lipinski definition) is 6. The summed E-state index contributed by atoms with van der Waals surface area (Å²) in [6.45, 7) is 0. The Morgan fingerprint density at radius 3 is 2.47 bits per heavy atom. The molecule has 9 heteroatoms. The molecule has 6 rings (SSSR count). The summed E-state index contributed by atoms with van der Waals surface area (Å²) in [4.78, 5) is 18.6. The molecule has 0 amide bonds. The fraction of sp³-hybridized carbons (Fsp3) is 0.241. The van der Waals surface area contributed by atoms with Gasteiger partial charge < -0.3 is 14.6 Å². The highest BCUT2D eigenvalue weighted by atomic mass is 19.2. The second kappa shape index (κ2) is 10.3. The van der Waals surface area contributed by atoms with E-state index >= 15 is 0 Å². The second-order valence-electron chi connectivity index (χ2n) is 9.39. The monoisotopic (exact) mass is 512 g/mol. The van der Waals surface area contributed by atoms with E-state index in [1.165, 1.54) is 6.07 Å². The molecular weight excluding hydrogens is 486 g/mol. The summed E-state index contributed by atoms with van der Waals surface area (Å²) in [7, 11) is 1.75. The number of methoxy groups -OCH3 is 1. The first-order valence-corrected chi connectivity index (χ1v) is 12.6. The van der Waals surface area contributed by atoms with E-state index in [2.05, 4.69) is 15.3 Å². The van der Waals surface area contributed by atoms with Crippen LogP contribution in [0.25, 0.3) is 28.1 Å². The smallest absolute Gasteiger partial charge is 0.227 e. The molecule has 7 nitrogen and oxygen atoms in total. The lowest BCUT2D eigenvalue weighted by atomic mass is 9.93. The second-order valence-corrected chi connectivity index (χ2v) is 9.39. The molecule has 1 aromatic heterocycles. The molecule has 0 unspecified atom stereocenters. The summed E-state index contributed by atoms with van der Waals surface area (Å²) in [5.41, 5.74) is 4.08. The number of halogens is 2. The number of nitrogens with zero attached hydrogens (tertiary/aromatic N) is 5. The lowest BCUT2D eigenvalue weighted by Crippen LogP contribution is -2.25. The van der Waals surface area contributed by atoms with Crippen molar-refractivity contribution in [1.82, 2.24) is 19.5 Å². The van der Waals surface area contributed by atoms with Crippen LogP contribution in [0.5, 0.6) is 0 Å². The Morgan fingerprint density at radius 1 is 0.921 bits per heavy atom. The maximum Gasteiger partial charge on any atom is 0.227 e. The van der Waals surface area contributed by atoms with Gasteiger partial charge in [-0.05, 0) is 68.1 Å². The summed E-state index contributed by atoms with van der Waals surface area (Å²) in [5, 5.41) is 4.02. The predicted octanol–water partition coefficient (Wildman–Crippen LogP) is 5.80. The number of anilines is 2. The average molecular weight is 513 g/mol. The molecule has 3 aliphatic rings. The van der Waals surface area contributed by atoms with Crippen LogP contribution in [0.1, 0.15) is 25.7 Å². The standard InChI is InChI=1S/C29H26F2N6O/c1-38-20-10-7-18(8-11-20)34-25-17-28-26(16-24(25)36-29-32-13-4-14-33-29)35-23-5-2-3-6-27(23)37(28)19-9-12-21(30)22(31)15-19/h2-6,9,12-18,20H,7-8,10-11H2,1H3,(H,32,33,36)/b34-25+. The topological polar surface area (TPSA) is 77.2 Å². The highest BCUT2D eigenvalue weighted by Gasteiger charge is 2.22. The third-order valence-corrected chi connectivity index (χ3v) is 6.97. The summed E-state index contributed by atoms with van der Waals surface area (Å²) >= 11 is 0. The van der Waals surface area contributed by atoms with E-state index in [-0.39, 0.29) is 12.1 Å². The van der Waals surface area contributed by atoms with Gasteiger partial charge in [0.1, 0.15) is 0 Å². The lowest BCUT2D eigenvalue weighted by molar-refractivity contribution is 0.0663. The van der Waals surface area contributed by atoms with E-state index in [4.69, 9.17) is 14.7 Å². The number of para-hydroxylation sites is 2. The van der Waals surface area contributed by atoms with Crippen LogP contribution in [-0.4, -0.2) is 38.8 Å². The van der Waals surface area contributed by atoms with Crippen LogP contribution in [0.4, 0.5) is 20.4 Å². The van der Waals surface area contributed by atoms with Crippen molar-refractivity contribution in [2.45, 2.75) is 37.8 Å². The van der Waals surface area contributed by atoms with Gasteiger partial charge in [-0.15, -0.1) is 0 Å². The first-order valence-electron chi connectivity index (χ1n) is 12.6. The van der Waals surface area contributed by atoms with Gasteiger partial charge in [0, 0.05) is 31.3 Å². The summed E-state index contributed by atoms with van der Waals surface area (Å²) in [6, 6.07) is 17.2. The fourth-order valence-corrected chi connectivity index (χ4v) is 5.04. The van der Waals surface area contributed by atoms with Gasteiger partial charge in [0.2, 0.25) is 5.95 Å². The molecule has 0 spiro atoms. The first kappa shape index (κ1) is 24.1. The number of aromatic nitrogens is 4. The molecule has 0 radical (unpaired) electrons. The van der Waals surface area contributed by atoms with Gasteiger partial charge in [-0.2, -0.15) is 0 Å². The van der Waals surface area contributed by atoms with Gasteiger partial charge in [-0.25, -0.2) is 23.7 Å². The Bertz CT molecular complexity index is 1630. The molecular formula is C29H26F2N6O. The molecule has 0 atom stereocenters. The molecule has 2 aliphatic carbocycles. The highest BCUT2D eigenvalue weighted by Crippen LogP contribution is 2.31. The van der Waals surface area contributed by atoms with Gasteiger partial charge in [-0.3, -0.25) is 4.99 Å². The maximum absolute atomic E-state index is 14.4. The van der Waals surface area contributed by atoms with Crippen molar-refractivity contribution in [1.29, 1.82) is 0 Å². The number of rotatable bonds is 5. The average Bonchev–Trinajstić information content (AvgIpc) is 2.95. The van der Waals surface area contributed by atoms with Crippen LogP contribution in [0.15, 0.2) is 78.0 Å². The minimum Gasteiger partial charge on any atom is -0.381 e. The molecule has 1 fully saturated rings. The van der Waals surface area contributed by atoms with Crippen LogP contribution < -0.4 is 10.7 Å². The van der Waals surface area contributed by atoms with Crippen molar-refractivity contribution in [3.8, 4) is 17.1 Å². The minimum absolute atomic E-state index is 0.126. The molecule has 38 heavy (non-hydrogen) atoms. The van der Waals surface area contributed by atoms with Crippen LogP contribution >= 0.6 is 0 Å². The van der Waals surface area contributed by atoms with Crippen LogP contribution in [-0.2, 0) is 4.74 Å². The summed E-state index contributed by atoms with van der Waals surface area (Å²) in [5.74, 6) is -1.36. The van der Waals surface area contributed by atoms with Crippen molar-refractivity contribution in [2.24, 2.45) is 4.99 Å². The molecule has 0 saturated heterocycles. The van der Waals surface area contributed by atoms with Gasteiger partial charge in [0.15, 0.2) is 11.6 Å². The zero-order chi connectivity index (χ0) is 26.1. The highest BCUT2D eigenvalue weighted by molar-refractivity contribution is 5.84. The van der Waals surface area contributed by atoms with Crippen LogP contribution in [0, 0.1) is 11.6 Å². The normalized spacial score (nSPS) is 18.2. The van der Waals surface area contributed by atoms with Crippen LogP contribution in [0.3, 0.4) is 0 Å². The molecule has 1 aliphatic heterocycles. The van der Waals surface area contributed by atoms with Gasteiger partial charge in [0.25, 0.3) is 0 Å². The maximum atomic E-state index is 14.4. The Balaban J connectivity index is 1.59. The van der Waals surface area contributed by atoms with Crippen molar-refractivity contribution in [3.63, 3.8) is 0 Å². The van der Waals surface area contributed by atoms with E-state index < -0.39 is 11.6 Å². The van der Waals surface area contributed by atoms with Crippen molar-refractivity contribution in [2.75, 3.05) is 12.4 Å². The summed E-state index contributed by atoms with van der Waals surface area (Å²) in [6.07, 6.45) is 7.32. The molecule has 2 heterocycles. The SMILES string of the molecule is COC1CCC(/N=c2\cc3n(-c4ccc(F)c(F)c4)c4ccccc4nc-3cc2Nc2ncccn2)CC1. The Kier molecular flexibility index (Phi) is 6.51. The van der Waals surface area contributed by atoms with Crippen molar-refractivity contribution >= 4 is 22.7 Å². The van der Waals surface area contributed by atoms with Crippen LogP contribution in [0.2, 0.25) is 0 Å². The molecule has 3 aromatic rings. The van der Waals surface area contributed by atoms with Gasteiger partial charge >= 0.3 is 0 Å². The zero-order valence-electron chi connectivity index (χ0n) is 20.8. The van der Waals surface area contributed by atoms with E-state index in [0.29, 0.717) is 22.8 Å². The van der Waals surface area contributed by atoms with Gasteiger partial charge in [0.05, 0.1) is 45.6 Å². The molecule has 1 saturated carbocycles. The van der Waals surface area contributed by atoms with E-state index in [0.717, 1.165) is 54.0 Å². The quantitative estimate of drug-likeness (QED) is 0.301. The molecule has 1 N–H and O–H groups in total. The molecule has 192 valence electrons. The Labute approximate surface area is 218 Å². The van der Waals surface area contributed by atoms with Crippen molar-refractivity contribution < 1.29 is 13.5 Å². The Morgan fingerprint density at radius 2 is 1.71 bits per heavy atom. The number of hydrogen-bond donors (Lipinski definition) is 1. The van der Waals surface area contributed by atoms with Gasteiger partial charge in [-0.1, -0.05) is 12.1 Å². The predicted molar refractivity (Wildman–Crippen MR) is 142 cm³/mol. The van der Waals surface area contributed by atoms with Crippen molar-refractivity contribution in [3.05, 3.63) is 90.0 Å². The van der Waals surface area contributed by atoms with E-state index in [1.54, 1.807) is 31.6 Å². The largest absolute Gasteiger partial charge is 0.381 e. The third kappa shape index (κ3) is 4.72. The number of fused-ring (bicyclic) bond motifs is 2. The number of benzene rings is 3. The third-order valence-electron chi connectivity index (χ3n) is 6.97. The minimum atomic E-state index is -0.914. The fourth-order valence-electron chi connectivity index (χ4n) is 5.04.